The molecule has 1 aromatic rings. The van der Waals surface area contributed by atoms with Gasteiger partial charge in [-0.15, -0.1) is 0 Å². The lowest BCUT2D eigenvalue weighted by Gasteiger charge is -2.13. The molecule has 138 valence electrons. The quantitative estimate of drug-likeness (QED) is 0.427. The highest BCUT2D eigenvalue weighted by molar-refractivity contribution is 6.08. The summed E-state index contributed by atoms with van der Waals surface area (Å²) in [5.74, 6) is -6.90. The van der Waals surface area contributed by atoms with E-state index in [1.807, 2.05) is 0 Å². The maximum Gasteiger partial charge on any atom is 0.349 e. The maximum atomic E-state index is 12.1. The Kier molecular flexibility index (Phi) is 6.71. The van der Waals surface area contributed by atoms with Crippen molar-refractivity contribution < 1.29 is 47.7 Å². The van der Waals surface area contributed by atoms with Gasteiger partial charge in [0.15, 0.2) is 0 Å². The van der Waals surface area contributed by atoms with Crippen molar-refractivity contribution in [3.8, 4) is 5.75 Å². The summed E-state index contributed by atoms with van der Waals surface area (Å²) in [7, 11) is 1.10. The first-order valence-electron chi connectivity index (χ1n) is 6.97. The van der Waals surface area contributed by atoms with Crippen LogP contribution in [0.1, 0.15) is 51.8 Å². The molecule has 0 unspecified atom stereocenters. The summed E-state index contributed by atoms with van der Waals surface area (Å²) in [4.78, 5) is 69.0. The molecule has 10 heteroatoms. The lowest BCUT2D eigenvalue weighted by atomic mass is 10.0. The highest BCUT2D eigenvalue weighted by Gasteiger charge is 2.27. The SMILES string of the molecule is COc1c(C(=O)OC(C)=O)cc(C(=O)OC(C)=O)cc1C(=O)OC(C)=O. The van der Waals surface area contributed by atoms with Crippen LogP contribution < -0.4 is 4.74 Å². The van der Waals surface area contributed by atoms with Gasteiger partial charge in [-0.05, 0) is 12.1 Å². The van der Waals surface area contributed by atoms with Crippen LogP contribution in [0.5, 0.6) is 5.75 Å². The monoisotopic (exact) mass is 366 g/mol. The number of hydrogen-bond donors (Lipinski definition) is 0. The van der Waals surface area contributed by atoms with Gasteiger partial charge in [0.05, 0.1) is 12.7 Å². The number of hydrogen-bond acceptors (Lipinski definition) is 10. The second-order valence-electron chi connectivity index (χ2n) is 4.75. The van der Waals surface area contributed by atoms with E-state index in [-0.39, 0.29) is 0 Å². The largest absolute Gasteiger partial charge is 0.495 e. The van der Waals surface area contributed by atoms with E-state index in [4.69, 9.17) is 4.74 Å². The first-order chi connectivity index (χ1) is 12.1. The molecule has 0 aliphatic carbocycles. The van der Waals surface area contributed by atoms with Gasteiger partial charge in [-0.2, -0.15) is 0 Å². The third kappa shape index (κ3) is 5.23. The van der Waals surface area contributed by atoms with Crippen molar-refractivity contribution in [3.05, 3.63) is 28.8 Å². The second-order valence-corrected chi connectivity index (χ2v) is 4.75. The Morgan fingerprint density at radius 3 is 1.31 bits per heavy atom. The van der Waals surface area contributed by atoms with Crippen LogP contribution in [0.2, 0.25) is 0 Å². The average molecular weight is 366 g/mol. The standard InChI is InChI=1S/C16H14O10/c1-7(17)24-14(20)10-5-11(15(21)25-8(2)18)13(23-4)12(6-10)16(22)26-9(3)19/h5-6H,1-4H3. The van der Waals surface area contributed by atoms with E-state index in [1.54, 1.807) is 0 Å². The maximum absolute atomic E-state index is 12.1. The van der Waals surface area contributed by atoms with Crippen molar-refractivity contribution in [2.24, 2.45) is 0 Å². The van der Waals surface area contributed by atoms with Gasteiger partial charge >= 0.3 is 35.8 Å². The van der Waals surface area contributed by atoms with E-state index in [9.17, 15) is 28.8 Å². The molecule has 0 aliphatic heterocycles. The summed E-state index contributed by atoms with van der Waals surface area (Å²) in [6.45, 7) is 2.89. The van der Waals surface area contributed by atoms with Crippen molar-refractivity contribution in [2.75, 3.05) is 7.11 Å². The Morgan fingerprint density at radius 1 is 0.654 bits per heavy atom. The van der Waals surface area contributed by atoms with E-state index in [0.717, 1.165) is 40.0 Å². The van der Waals surface area contributed by atoms with Gasteiger partial charge in [0.2, 0.25) is 0 Å². The number of carbonyl (C=O) groups is 6. The van der Waals surface area contributed by atoms with E-state index in [0.29, 0.717) is 0 Å². The Morgan fingerprint density at radius 2 is 1.00 bits per heavy atom. The highest BCUT2D eigenvalue weighted by Crippen LogP contribution is 2.28. The molecule has 0 atom stereocenters. The second kappa shape index (κ2) is 8.51. The molecular weight excluding hydrogens is 352 g/mol. The summed E-state index contributed by atoms with van der Waals surface area (Å²) in [6.07, 6.45) is 0. The van der Waals surface area contributed by atoms with Crippen molar-refractivity contribution >= 4 is 35.8 Å². The molecule has 0 N–H and O–H groups in total. The first-order valence-corrected chi connectivity index (χ1v) is 6.97. The molecule has 0 spiro atoms. The van der Waals surface area contributed by atoms with Crippen LogP contribution in [0.25, 0.3) is 0 Å². The van der Waals surface area contributed by atoms with E-state index in [1.165, 1.54) is 0 Å². The molecule has 0 aliphatic rings. The van der Waals surface area contributed by atoms with Crippen LogP contribution in [0.15, 0.2) is 12.1 Å². The number of benzene rings is 1. The lowest BCUT2D eigenvalue weighted by Crippen LogP contribution is -2.18. The zero-order valence-corrected chi connectivity index (χ0v) is 14.2. The molecule has 0 bridgehead atoms. The van der Waals surface area contributed by atoms with Crippen LogP contribution in [0.4, 0.5) is 0 Å². The zero-order chi connectivity index (χ0) is 20.0. The van der Waals surface area contributed by atoms with E-state index >= 15 is 0 Å². The van der Waals surface area contributed by atoms with E-state index < -0.39 is 58.3 Å². The van der Waals surface area contributed by atoms with Gasteiger partial charge in [-0.25, -0.2) is 14.4 Å². The van der Waals surface area contributed by atoms with Crippen molar-refractivity contribution in [2.45, 2.75) is 20.8 Å². The summed E-state index contributed by atoms with van der Waals surface area (Å²) in [5.41, 5.74) is -1.39. The zero-order valence-electron chi connectivity index (χ0n) is 14.2. The van der Waals surface area contributed by atoms with Crippen LogP contribution in [0, 0.1) is 0 Å². The topological polar surface area (TPSA) is 139 Å². The normalized spacial score (nSPS) is 9.69. The summed E-state index contributed by atoms with van der Waals surface area (Å²) in [6, 6.07) is 1.81. The number of rotatable bonds is 4. The Labute approximate surface area is 147 Å². The molecule has 0 fully saturated rings. The average Bonchev–Trinajstić information content (AvgIpc) is 2.51. The summed E-state index contributed by atoms with van der Waals surface area (Å²) < 4.78 is 18.2. The van der Waals surface area contributed by atoms with Crippen LogP contribution >= 0.6 is 0 Å². The highest BCUT2D eigenvalue weighted by atomic mass is 16.6. The minimum absolute atomic E-state index is 0.401. The molecular formula is C16H14O10. The van der Waals surface area contributed by atoms with Gasteiger partial charge in [-0.3, -0.25) is 14.4 Å². The molecule has 26 heavy (non-hydrogen) atoms. The molecule has 1 aromatic carbocycles. The van der Waals surface area contributed by atoms with Crippen LogP contribution in [-0.4, -0.2) is 42.9 Å². The summed E-state index contributed by atoms with van der Waals surface area (Å²) in [5, 5.41) is 0. The molecule has 0 aromatic heterocycles. The van der Waals surface area contributed by atoms with Crippen LogP contribution in [0.3, 0.4) is 0 Å². The van der Waals surface area contributed by atoms with Crippen LogP contribution in [-0.2, 0) is 28.6 Å². The third-order valence-corrected chi connectivity index (χ3v) is 2.68. The predicted octanol–water partition coefficient (Wildman–Crippen LogP) is 0.805. The lowest BCUT2D eigenvalue weighted by molar-refractivity contribution is -0.136. The van der Waals surface area contributed by atoms with Crippen molar-refractivity contribution in [1.82, 2.24) is 0 Å². The predicted molar refractivity (Wildman–Crippen MR) is 81.3 cm³/mol. The Bertz CT molecular complexity index is 756. The minimum atomic E-state index is -1.23. The number of methoxy groups -OCH3 is 1. The smallest absolute Gasteiger partial charge is 0.349 e. The Balaban J connectivity index is 3.59. The first kappa shape index (κ1) is 20.5. The van der Waals surface area contributed by atoms with Crippen molar-refractivity contribution in [1.29, 1.82) is 0 Å². The van der Waals surface area contributed by atoms with Gasteiger partial charge in [0, 0.05) is 20.8 Å². The molecule has 0 saturated heterocycles. The third-order valence-electron chi connectivity index (χ3n) is 2.68. The molecule has 0 saturated carbocycles. The van der Waals surface area contributed by atoms with Gasteiger partial charge in [-0.1, -0.05) is 0 Å². The van der Waals surface area contributed by atoms with Gasteiger partial charge in [0.25, 0.3) is 0 Å². The fourth-order valence-corrected chi connectivity index (χ4v) is 1.83. The van der Waals surface area contributed by atoms with Gasteiger partial charge in [0.1, 0.15) is 16.9 Å². The molecule has 1 rings (SSSR count). The number of esters is 6. The molecule has 0 radical (unpaired) electrons. The molecule has 0 amide bonds. The number of carbonyl (C=O) groups excluding carboxylic acids is 6. The summed E-state index contributed by atoms with van der Waals surface area (Å²) >= 11 is 0. The van der Waals surface area contributed by atoms with Gasteiger partial charge < -0.3 is 18.9 Å². The molecule has 10 nitrogen and oxygen atoms in total. The fourth-order valence-electron chi connectivity index (χ4n) is 1.83. The van der Waals surface area contributed by atoms with E-state index in [2.05, 4.69) is 14.2 Å². The minimum Gasteiger partial charge on any atom is -0.495 e. The Hall–Kier alpha value is -3.56. The fraction of sp³-hybridized carbons (Fsp3) is 0.250. The number of ether oxygens (including phenoxy) is 4. The van der Waals surface area contributed by atoms with Crippen molar-refractivity contribution in [3.63, 3.8) is 0 Å². The molecule has 0 heterocycles.